The first-order valence-corrected chi connectivity index (χ1v) is 17.5. The van der Waals surface area contributed by atoms with Gasteiger partial charge in [-0.2, -0.15) is 0 Å². The number of nitrogens with one attached hydrogen (secondary N) is 4. The summed E-state index contributed by atoms with van der Waals surface area (Å²) in [6, 6.07) is 5.98. The third-order valence-corrected chi connectivity index (χ3v) is 9.20. The lowest BCUT2D eigenvalue weighted by Crippen LogP contribution is -2.59. The number of carbonyl (C=O) groups is 5. The fourth-order valence-corrected chi connectivity index (χ4v) is 6.42. The number of carboxylic acids is 1. The van der Waals surface area contributed by atoms with Crippen LogP contribution in [0.3, 0.4) is 0 Å². The average molecular weight is 732 g/mol. The summed E-state index contributed by atoms with van der Waals surface area (Å²) in [7, 11) is 1.55. The van der Waals surface area contributed by atoms with Crippen molar-refractivity contribution in [3.05, 3.63) is 52.2 Å². The summed E-state index contributed by atoms with van der Waals surface area (Å²) >= 11 is 1.39. The van der Waals surface area contributed by atoms with Gasteiger partial charge in [0.25, 0.3) is 0 Å². The van der Waals surface area contributed by atoms with Crippen molar-refractivity contribution in [3.63, 3.8) is 0 Å². The van der Waals surface area contributed by atoms with Crippen LogP contribution in [0, 0.1) is 0 Å². The Morgan fingerprint density at radius 2 is 1.78 bits per heavy atom. The molecule has 1 saturated heterocycles. The molecular weight excluding hydrogens is 682 g/mol. The smallest absolute Gasteiger partial charge is 0.320 e. The Morgan fingerprint density at radius 3 is 2.39 bits per heavy atom. The van der Waals surface area contributed by atoms with E-state index in [2.05, 4.69) is 26.3 Å². The molecule has 17 nitrogen and oxygen atoms in total. The lowest BCUT2D eigenvalue weighted by Gasteiger charge is -2.30. The summed E-state index contributed by atoms with van der Waals surface area (Å²) in [6.45, 7) is -0.516. The van der Waals surface area contributed by atoms with Crippen LogP contribution in [0.1, 0.15) is 36.1 Å². The molecule has 1 aromatic carbocycles. The molecule has 0 bridgehead atoms. The number of carboxylic acid groups (broad SMARTS) is 1. The first-order valence-electron chi connectivity index (χ1n) is 16.6. The SMILES string of the molecule is COc1ccc(C[C@@H](CN[C@@H](CCCN=C(N)N)C(=O)O)NC(=O)[C@@H]2CCCN2C(=O)[C@H](CO)NC(=O)[C@H](Cc2cccs2)NC(=O)CN)cc1. The van der Waals surface area contributed by atoms with Crippen molar-refractivity contribution in [2.75, 3.05) is 39.9 Å². The van der Waals surface area contributed by atoms with Crippen LogP contribution in [-0.4, -0.2) is 121 Å². The normalized spacial score (nSPS) is 16.3. The number of likely N-dealkylation sites (tertiary alicyclic amines) is 1. The summed E-state index contributed by atoms with van der Waals surface area (Å²) in [5, 5.41) is 32.9. The molecule has 1 aliphatic heterocycles. The van der Waals surface area contributed by atoms with Crippen molar-refractivity contribution in [3.8, 4) is 5.75 Å². The number of guanidine groups is 1. The highest BCUT2D eigenvalue weighted by molar-refractivity contribution is 7.09. The molecule has 0 radical (unpaired) electrons. The van der Waals surface area contributed by atoms with Crippen molar-refractivity contribution in [2.45, 2.75) is 68.7 Å². The molecular formula is C33H49N9O8S. The van der Waals surface area contributed by atoms with Gasteiger partial charge < -0.3 is 58.3 Å². The van der Waals surface area contributed by atoms with Crippen LogP contribution in [-0.2, 0) is 36.8 Å². The maximum Gasteiger partial charge on any atom is 0.320 e. The van der Waals surface area contributed by atoms with Gasteiger partial charge in [0.2, 0.25) is 23.6 Å². The van der Waals surface area contributed by atoms with Gasteiger partial charge in [0.15, 0.2) is 5.96 Å². The number of nitrogens with zero attached hydrogens (tertiary/aromatic N) is 2. The molecule has 1 fully saturated rings. The molecule has 2 heterocycles. The Balaban J connectivity index is 1.72. The van der Waals surface area contributed by atoms with Gasteiger partial charge in [-0.1, -0.05) is 18.2 Å². The van der Waals surface area contributed by atoms with Crippen LogP contribution in [0.15, 0.2) is 46.8 Å². The van der Waals surface area contributed by atoms with E-state index in [0.29, 0.717) is 31.4 Å². The predicted molar refractivity (Wildman–Crippen MR) is 191 cm³/mol. The van der Waals surface area contributed by atoms with Gasteiger partial charge in [0.05, 0.1) is 20.3 Å². The molecule has 0 saturated carbocycles. The average Bonchev–Trinajstić information content (AvgIpc) is 3.82. The minimum atomic E-state index is -1.38. The molecule has 280 valence electrons. The number of rotatable bonds is 21. The number of methoxy groups -OCH3 is 1. The number of carbonyl (C=O) groups excluding carboxylic acids is 4. The number of benzene rings is 1. The zero-order valence-corrected chi connectivity index (χ0v) is 29.4. The first kappa shape index (κ1) is 40.6. The van der Waals surface area contributed by atoms with E-state index in [4.69, 9.17) is 21.9 Å². The van der Waals surface area contributed by atoms with Crippen LogP contribution in [0.25, 0.3) is 0 Å². The number of hydrogen-bond donors (Lipinski definition) is 9. The third-order valence-electron chi connectivity index (χ3n) is 8.30. The maximum atomic E-state index is 13.8. The zero-order valence-electron chi connectivity index (χ0n) is 28.6. The Labute approximate surface area is 300 Å². The number of hydrogen-bond acceptors (Lipinski definition) is 11. The minimum absolute atomic E-state index is 0.0846. The number of aliphatic imine (C=N–C) groups is 1. The van der Waals surface area contributed by atoms with Crippen molar-refractivity contribution in [1.29, 1.82) is 0 Å². The molecule has 12 N–H and O–H groups in total. The van der Waals surface area contributed by atoms with Crippen LogP contribution < -0.4 is 43.2 Å². The Kier molecular flexibility index (Phi) is 16.6. The quantitative estimate of drug-likeness (QED) is 0.0385. The molecule has 51 heavy (non-hydrogen) atoms. The largest absolute Gasteiger partial charge is 0.497 e. The van der Waals surface area contributed by atoms with Gasteiger partial charge in [-0.25, -0.2) is 0 Å². The van der Waals surface area contributed by atoms with Crippen LogP contribution >= 0.6 is 11.3 Å². The second-order valence-electron chi connectivity index (χ2n) is 12.0. The second-order valence-corrected chi connectivity index (χ2v) is 13.1. The third kappa shape index (κ3) is 13.1. The summed E-state index contributed by atoms with van der Waals surface area (Å²) in [4.78, 5) is 70.8. The molecule has 0 unspecified atom stereocenters. The van der Waals surface area contributed by atoms with Crippen molar-refractivity contribution >= 4 is 46.9 Å². The number of thiophene rings is 1. The highest BCUT2D eigenvalue weighted by atomic mass is 32.1. The van der Waals surface area contributed by atoms with Gasteiger partial charge in [-0.3, -0.25) is 29.0 Å². The molecule has 3 rings (SSSR count). The molecule has 2 aromatic rings. The van der Waals surface area contributed by atoms with E-state index >= 15 is 0 Å². The molecule has 1 aromatic heterocycles. The van der Waals surface area contributed by atoms with Crippen LogP contribution in [0.4, 0.5) is 0 Å². The van der Waals surface area contributed by atoms with Crippen molar-refractivity contribution in [2.24, 2.45) is 22.2 Å². The molecule has 1 aliphatic rings. The highest BCUT2D eigenvalue weighted by Gasteiger charge is 2.39. The molecule has 0 spiro atoms. The summed E-state index contributed by atoms with van der Waals surface area (Å²) in [5.74, 6) is -2.87. The number of aliphatic carboxylic acids is 1. The number of nitrogens with two attached hydrogens (primary N) is 3. The summed E-state index contributed by atoms with van der Waals surface area (Å²) in [5.41, 5.74) is 17.0. The lowest BCUT2D eigenvalue weighted by molar-refractivity contribution is -0.143. The van der Waals surface area contributed by atoms with Gasteiger partial charge in [0.1, 0.15) is 29.9 Å². The predicted octanol–water partition coefficient (Wildman–Crippen LogP) is -1.97. The van der Waals surface area contributed by atoms with Crippen LogP contribution in [0.2, 0.25) is 0 Å². The fraction of sp³-hybridized carbons (Fsp3) is 0.515. The number of ether oxygens (including phenoxy) is 1. The van der Waals surface area contributed by atoms with E-state index in [1.54, 1.807) is 31.4 Å². The van der Waals surface area contributed by atoms with E-state index in [1.807, 2.05) is 17.5 Å². The standard InChI is InChI=1S/C33H49N9O8S/c1-50-22-10-8-20(9-11-22)15-21(18-38-24(32(48)49)6-2-12-37-33(35)36)39-30(46)27-7-3-13-42(27)31(47)26(19-43)41-29(45)25(40-28(44)17-34)16-23-5-4-14-51-23/h4-5,8-11,14,21,24-27,38,43H,2-3,6-7,12-13,15-19,34H2,1H3,(H,39,46)(H,40,44)(H,41,45)(H,48,49)(H4,35,36,37)/t21-,24-,25-,26-,27-/m0/s1. The Bertz CT molecular complexity index is 1470. The van der Waals surface area contributed by atoms with Crippen molar-refractivity contribution in [1.82, 2.24) is 26.2 Å². The molecule has 18 heteroatoms. The zero-order chi connectivity index (χ0) is 37.3. The minimum Gasteiger partial charge on any atom is -0.497 e. The molecule has 0 aliphatic carbocycles. The summed E-state index contributed by atoms with van der Waals surface area (Å²) < 4.78 is 5.24. The Morgan fingerprint density at radius 1 is 1.04 bits per heavy atom. The number of amides is 4. The topological polar surface area (TPSA) is 277 Å². The molecule has 5 atom stereocenters. The lowest BCUT2D eigenvalue weighted by atomic mass is 10.0. The van der Waals surface area contributed by atoms with E-state index < -0.39 is 66.4 Å². The van der Waals surface area contributed by atoms with E-state index in [-0.39, 0.29) is 45.0 Å². The van der Waals surface area contributed by atoms with Gasteiger partial charge in [-0.15, -0.1) is 11.3 Å². The Hall–Kier alpha value is -4.78. The van der Waals surface area contributed by atoms with E-state index in [0.717, 1.165) is 10.4 Å². The van der Waals surface area contributed by atoms with Gasteiger partial charge in [0, 0.05) is 37.0 Å². The van der Waals surface area contributed by atoms with E-state index in [9.17, 15) is 34.2 Å². The van der Waals surface area contributed by atoms with Gasteiger partial charge in [-0.05, 0) is 61.2 Å². The summed E-state index contributed by atoms with van der Waals surface area (Å²) in [6.07, 6.45) is 1.97. The number of aliphatic hydroxyl groups is 1. The monoisotopic (exact) mass is 731 g/mol. The van der Waals surface area contributed by atoms with Gasteiger partial charge >= 0.3 is 5.97 Å². The fourth-order valence-electron chi connectivity index (χ4n) is 5.67. The van der Waals surface area contributed by atoms with E-state index in [1.165, 1.54) is 16.2 Å². The second kappa shape index (κ2) is 20.8. The highest BCUT2D eigenvalue weighted by Crippen LogP contribution is 2.20. The molecule has 4 amide bonds. The van der Waals surface area contributed by atoms with Crippen molar-refractivity contribution < 1.29 is 38.9 Å². The first-order chi connectivity index (χ1) is 24.4. The number of aliphatic hydroxyl groups excluding tert-OH is 1. The maximum absolute atomic E-state index is 13.8. The van der Waals surface area contributed by atoms with Crippen LogP contribution in [0.5, 0.6) is 5.75 Å².